The van der Waals surface area contributed by atoms with Crippen LogP contribution in [0.15, 0.2) is 6.07 Å². The van der Waals surface area contributed by atoms with Crippen molar-refractivity contribution < 1.29 is 4.79 Å². The number of H-pyrrole nitrogens is 1. The Kier molecular flexibility index (Phi) is 3.78. The van der Waals surface area contributed by atoms with E-state index in [1.54, 1.807) is 0 Å². The maximum absolute atomic E-state index is 12.5. The van der Waals surface area contributed by atoms with Crippen molar-refractivity contribution in [3.8, 4) is 0 Å². The van der Waals surface area contributed by atoms with Crippen molar-refractivity contribution in [2.75, 3.05) is 18.4 Å². The second-order valence-corrected chi connectivity index (χ2v) is 7.50. The van der Waals surface area contributed by atoms with Crippen molar-refractivity contribution in [2.24, 2.45) is 5.92 Å². The van der Waals surface area contributed by atoms with Crippen LogP contribution in [0.4, 0.5) is 5.82 Å². The van der Waals surface area contributed by atoms with Gasteiger partial charge >= 0.3 is 0 Å². The first-order valence-corrected chi connectivity index (χ1v) is 8.04. The molecule has 3 rings (SSSR count). The third-order valence-electron chi connectivity index (χ3n) is 4.49. The lowest BCUT2D eigenvalue weighted by atomic mass is 9.92. The number of nitrogens with zero attached hydrogens (tertiary/aromatic N) is 2. The smallest absolute Gasteiger partial charge is 0.242 e. The molecule has 1 unspecified atom stereocenters. The second-order valence-electron chi connectivity index (χ2n) is 7.50. The first-order chi connectivity index (χ1) is 9.93. The highest BCUT2D eigenvalue weighted by Gasteiger charge is 2.35. The van der Waals surface area contributed by atoms with Gasteiger partial charge in [-0.25, -0.2) is 0 Å². The van der Waals surface area contributed by atoms with Gasteiger partial charge in [0.05, 0.1) is 6.04 Å². The van der Waals surface area contributed by atoms with Gasteiger partial charge in [0.2, 0.25) is 5.91 Å². The van der Waals surface area contributed by atoms with E-state index in [1.165, 1.54) is 12.8 Å². The Morgan fingerprint density at radius 3 is 2.81 bits per heavy atom. The van der Waals surface area contributed by atoms with Gasteiger partial charge in [0.25, 0.3) is 0 Å². The molecule has 1 aliphatic heterocycles. The molecule has 1 saturated carbocycles. The Morgan fingerprint density at radius 1 is 1.43 bits per heavy atom. The van der Waals surface area contributed by atoms with E-state index in [0.29, 0.717) is 5.82 Å². The molecule has 2 aliphatic rings. The van der Waals surface area contributed by atoms with E-state index in [2.05, 4.69) is 41.2 Å². The van der Waals surface area contributed by atoms with E-state index in [4.69, 9.17) is 0 Å². The van der Waals surface area contributed by atoms with Gasteiger partial charge in [0.15, 0.2) is 5.82 Å². The summed E-state index contributed by atoms with van der Waals surface area (Å²) in [5.74, 6) is 1.57. The van der Waals surface area contributed by atoms with Gasteiger partial charge in [-0.2, -0.15) is 5.10 Å². The van der Waals surface area contributed by atoms with Crippen LogP contribution in [-0.4, -0.2) is 40.1 Å². The molecule has 0 radical (unpaired) electrons. The van der Waals surface area contributed by atoms with E-state index in [0.717, 1.165) is 37.5 Å². The van der Waals surface area contributed by atoms with Gasteiger partial charge in [0, 0.05) is 23.7 Å². The van der Waals surface area contributed by atoms with Crippen molar-refractivity contribution in [1.29, 1.82) is 0 Å². The van der Waals surface area contributed by atoms with Gasteiger partial charge in [-0.3, -0.25) is 14.8 Å². The average molecular weight is 290 g/mol. The molecule has 0 spiro atoms. The van der Waals surface area contributed by atoms with Crippen molar-refractivity contribution >= 4 is 11.7 Å². The molecule has 21 heavy (non-hydrogen) atoms. The molecular weight excluding hydrogens is 264 g/mol. The minimum absolute atomic E-state index is 0.0152. The molecule has 0 aromatic carbocycles. The lowest BCUT2D eigenvalue weighted by Crippen LogP contribution is -2.40. The fraction of sp³-hybridized carbons (Fsp3) is 0.750. The third kappa shape index (κ3) is 3.46. The number of hydrogen-bond donors (Lipinski definition) is 2. The fourth-order valence-electron chi connectivity index (χ4n) is 2.95. The summed E-state index contributed by atoms with van der Waals surface area (Å²) < 4.78 is 0. The van der Waals surface area contributed by atoms with Crippen LogP contribution in [-0.2, 0) is 10.2 Å². The molecule has 1 aromatic rings. The predicted octanol–water partition coefficient (Wildman–Crippen LogP) is 2.52. The number of anilines is 1. The lowest BCUT2D eigenvalue weighted by molar-refractivity contribution is -0.120. The molecule has 1 atom stereocenters. The molecule has 116 valence electrons. The number of amides is 1. The fourth-order valence-corrected chi connectivity index (χ4v) is 2.95. The molecule has 2 N–H and O–H groups in total. The Morgan fingerprint density at radius 2 is 2.19 bits per heavy atom. The van der Waals surface area contributed by atoms with Gasteiger partial charge in [-0.05, 0) is 38.1 Å². The van der Waals surface area contributed by atoms with Gasteiger partial charge < -0.3 is 5.32 Å². The molecule has 2 fully saturated rings. The molecule has 5 nitrogen and oxygen atoms in total. The number of aromatic amines is 1. The van der Waals surface area contributed by atoms with Crippen LogP contribution in [0.5, 0.6) is 0 Å². The summed E-state index contributed by atoms with van der Waals surface area (Å²) >= 11 is 0. The maximum Gasteiger partial charge on any atom is 0.242 e. The zero-order valence-electron chi connectivity index (χ0n) is 13.3. The first-order valence-electron chi connectivity index (χ1n) is 8.04. The Hall–Kier alpha value is -1.36. The average Bonchev–Trinajstić information content (AvgIpc) is 2.89. The maximum atomic E-state index is 12.5. The summed E-state index contributed by atoms with van der Waals surface area (Å²) in [5, 5.41) is 10.2. The Labute approximate surface area is 126 Å². The van der Waals surface area contributed by atoms with Gasteiger partial charge in [-0.1, -0.05) is 20.8 Å². The quantitative estimate of drug-likeness (QED) is 0.895. The largest absolute Gasteiger partial charge is 0.308 e. The second kappa shape index (κ2) is 5.44. The highest BCUT2D eigenvalue weighted by atomic mass is 16.2. The SMILES string of the molecule is CC(C)(C)c1cc(NC(=O)C2CCCN2CC2CC2)n[nH]1. The molecule has 1 amide bonds. The summed E-state index contributed by atoms with van der Waals surface area (Å²) in [6.45, 7) is 8.52. The standard InChI is InChI=1S/C16H26N4O/c1-16(2,3)13-9-14(19-18-13)17-15(21)12-5-4-8-20(12)10-11-6-7-11/h9,11-12H,4-8,10H2,1-3H3,(H2,17,18,19,21). The van der Waals surface area contributed by atoms with E-state index in [-0.39, 0.29) is 17.4 Å². The summed E-state index contributed by atoms with van der Waals surface area (Å²) in [7, 11) is 0. The predicted molar refractivity (Wildman–Crippen MR) is 83.2 cm³/mol. The van der Waals surface area contributed by atoms with Gasteiger partial charge in [0.1, 0.15) is 0 Å². The summed E-state index contributed by atoms with van der Waals surface area (Å²) in [6.07, 6.45) is 4.76. The third-order valence-corrected chi connectivity index (χ3v) is 4.49. The van der Waals surface area contributed by atoms with Crippen molar-refractivity contribution in [2.45, 2.75) is 57.9 Å². The monoisotopic (exact) mass is 290 g/mol. The van der Waals surface area contributed by atoms with E-state index in [1.807, 2.05) is 6.07 Å². The number of rotatable bonds is 4. The summed E-state index contributed by atoms with van der Waals surface area (Å²) in [4.78, 5) is 14.8. The van der Waals surface area contributed by atoms with Crippen LogP contribution in [0.3, 0.4) is 0 Å². The highest BCUT2D eigenvalue weighted by Crippen LogP contribution is 2.32. The number of hydrogen-bond acceptors (Lipinski definition) is 3. The van der Waals surface area contributed by atoms with Crippen LogP contribution in [0, 0.1) is 5.92 Å². The number of aromatic nitrogens is 2. The van der Waals surface area contributed by atoms with E-state index in [9.17, 15) is 4.79 Å². The van der Waals surface area contributed by atoms with Crippen LogP contribution in [0.2, 0.25) is 0 Å². The van der Waals surface area contributed by atoms with Gasteiger partial charge in [-0.15, -0.1) is 0 Å². The summed E-state index contributed by atoms with van der Waals surface area (Å²) in [6, 6.07) is 1.97. The highest BCUT2D eigenvalue weighted by molar-refractivity contribution is 5.94. The molecule has 5 heteroatoms. The zero-order valence-corrected chi connectivity index (χ0v) is 13.3. The topological polar surface area (TPSA) is 61.0 Å². The lowest BCUT2D eigenvalue weighted by Gasteiger charge is -2.23. The van der Waals surface area contributed by atoms with Crippen LogP contribution >= 0.6 is 0 Å². The van der Waals surface area contributed by atoms with E-state index < -0.39 is 0 Å². The first kappa shape index (κ1) is 14.6. The molecule has 1 aliphatic carbocycles. The van der Waals surface area contributed by atoms with Crippen molar-refractivity contribution in [1.82, 2.24) is 15.1 Å². The molecule has 1 aromatic heterocycles. The number of likely N-dealkylation sites (tertiary alicyclic amines) is 1. The molecule has 1 saturated heterocycles. The summed E-state index contributed by atoms with van der Waals surface area (Å²) in [5.41, 5.74) is 1.06. The number of carbonyl (C=O) groups excluding carboxylic acids is 1. The Balaban J connectivity index is 1.61. The number of nitrogens with one attached hydrogen (secondary N) is 2. The minimum atomic E-state index is 0.0152. The molecular formula is C16H26N4O. The minimum Gasteiger partial charge on any atom is -0.308 e. The van der Waals surface area contributed by atoms with E-state index >= 15 is 0 Å². The molecule has 0 bridgehead atoms. The van der Waals surface area contributed by atoms with Crippen molar-refractivity contribution in [3.05, 3.63) is 11.8 Å². The zero-order chi connectivity index (χ0) is 15.0. The normalized spacial score (nSPS) is 23.5. The van der Waals surface area contributed by atoms with Crippen LogP contribution in [0.1, 0.15) is 52.1 Å². The number of carbonyl (C=O) groups is 1. The van der Waals surface area contributed by atoms with Crippen LogP contribution in [0.25, 0.3) is 0 Å². The van der Waals surface area contributed by atoms with Crippen molar-refractivity contribution in [3.63, 3.8) is 0 Å². The van der Waals surface area contributed by atoms with Crippen LogP contribution < -0.4 is 5.32 Å². The molecule has 2 heterocycles. The Bertz CT molecular complexity index is 513.